The number of hydrogen-bond acceptors (Lipinski definition) is 4. The Morgan fingerprint density at radius 1 is 0.970 bits per heavy atom. The first-order valence-electron chi connectivity index (χ1n) is 10.7. The summed E-state index contributed by atoms with van der Waals surface area (Å²) in [6, 6.07) is 20.7. The first-order chi connectivity index (χ1) is 15.9. The lowest BCUT2D eigenvalue weighted by Crippen LogP contribution is -2.45. The van der Waals surface area contributed by atoms with Gasteiger partial charge in [-0.1, -0.05) is 72.1 Å². The first kappa shape index (κ1) is 22.1. The third-order valence-corrected chi connectivity index (χ3v) is 6.90. The largest absolute Gasteiger partial charge is 0.286 e. The zero-order chi connectivity index (χ0) is 23.1. The zero-order valence-corrected chi connectivity index (χ0v) is 20.1. The Morgan fingerprint density at radius 3 is 2.45 bits per heavy atom. The molecule has 8 heteroatoms. The van der Waals surface area contributed by atoms with Gasteiger partial charge in [0, 0.05) is 22.5 Å². The van der Waals surface area contributed by atoms with Crippen LogP contribution in [0.2, 0.25) is 15.1 Å². The molecule has 168 valence electrons. The van der Waals surface area contributed by atoms with Crippen molar-refractivity contribution in [3.05, 3.63) is 92.9 Å². The molecule has 2 aliphatic heterocycles. The second-order valence-electron chi connectivity index (χ2n) is 8.18. The van der Waals surface area contributed by atoms with Gasteiger partial charge in [0.2, 0.25) is 0 Å². The van der Waals surface area contributed by atoms with Crippen LogP contribution in [0.3, 0.4) is 0 Å². The number of benzene rings is 3. The Kier molecular flexibility index (Phi) is 5.95. The predicted octanol–water partition coefficient (Wildman–Crippen LogP) is 6.29. The highest BCUT2D eigenvalue weighted by Crippen LogP contribution is 2.42. The molecule has 2 heterocycles. The molecule has 0 fully saturated rings. The molecule has 0 unspecified atom stereocenters. The number of amides is 1. The molecule has 0 saturated carbocycles. The van der Waals surface area contributed by atoms with Gasteiger partial charge in [-0.25, -0.2) is 0 Å². The molecule has 5 nitrogen and oxygen atoms in total. The van der Waals surface area contributed by atoms with E-state index in [-0.39, 0.29) is 17.9 Å². The normalized spacial score (nSPS) is 19.5. The number of rotatable bonds is 4. The third kappa shape index (κ3) is 4.17. The van der Waals surface area contributed by atoms with Gasteiger partial charge in [0.15, 0.2) is 0 Å². The van der Waals surface area contributed by atoms with Crippen molar-refractivity contribution in [1.82, 2.24) is 5.43 Å². The summed E-state index contributed by atoms with van der Waals surface area (Å²) in [5, 5.41) is 10.1. The van der Waals surface area contributed by atoms with Crippen molar-refractivity contribution in [2.75, 3.05) is 16.6 Å². The summed E-state index contributed by atoms with van der Waals surface area (Å²) in [6.07, 6.45) is 0.887. The van der Waals surface area contributed by atoms with E-state index >= 15 is 0 Å². The van der Waals surface area contributed by atoms with Gasteiger partial charge >= 0.3 is 0 Å². The molecular weight excluding hydrogens is 479 g/mol. The summed E-state index contributed by atoms with van der Waals surface area (Å²) >= 11 is 18.8. The SMILES string of the molecule is C[C@H]1C(C(=O)NN2CCc3ccccc32)=NN(c2ccc(Cl)cc2Cl)[C@@H]1c1ccc(Cl)cc1. The van der Waals surface area contributed by atoms with Gasteiger partial charge < -0.3 is 0 Å². The van der Waals surface area contributed by atoms with Crippen LogP contribution in [0.5, 0.6) is 0 Å². The first-order valence-corrected chi connectivity index (χ1v) is 11.8. The lowest BCUT2D eigenvalue weighted by molar-refractivity contribution is -0.115. The number of hydrazine groups is 1. The number of hydrogen-bond donors (Lipinski definition) is 1. The minimum atomic E-state index is -0.231. The molecule has 0 bridgehead atoms. The van der Waals surface area contributed by atoms with Crippen molar-refractivity contribution in [2.24, 2.45) is 11.0 Å². The van der Waals surface area contributed by atoms with Gasteiger partial charge in [0.25, 0.3) is 5.91 Å². The maximum Gasteiger partial charge on any atom is 0.286 e. The summed E-state index contributed by atoms with van der Waals surface area (Å²) < 4.78 is 0. The quantitative estimate of drug-likeness (QED) is 0.459. The molecule has 3 aromatic carbocycles. The predicted molar refractivity (Wildman–Crippen MR) is 135 cm³/mol. The van der Waals surface area contributed by atoms with Gasteiger partial charge in [-0.15, -0.1) is 0 Å². The molecule has 2 aliphatic rings. The van der Waals surface area contributed by atoms with Crippen molar-refractivity contribution in [3.8, 4) is 0 Å². The van der Waals surface area contributed by atoms with Crippen LogP contribution in [0.15, 0.2) is 71.8 Å². The second kappa shape index (κ2) is 8.90. The van der Waals surface area contributed by atoms with Gasteiger partial charge in [0.1, 0.15) is 5.71 Å². The highest BCUT2D eigenvalue weighted by Gasteiger charge is 2.40. The Labute approximate surface area is 207 Å². The molecule has 0 aromatic heterocycles. The van der Waals surface area contributed by atoms with Crippen molar-refractivity contribution in [1.29, 1.82) is 0 Å². The smallest absolute Gasteiger partial charge is 0.285 e. The van der Waals surface area contributed by atoms with Crippen LogP contribution in [-0.4, -0.2) is 18.2 Å². The van der Waals surface area contributed by atoms with Crippen LogP contribution < -0.4 is 15.4 Å². The fourth-order valence-electron chi connectivity index (χ4n) is 4.48. The van der Waals surface area contributed by atoms with E-state index in [1.807, 2.05) is 60.5 Å². The van der Waals surface area contributed by atoms with E-state index in [1.54, 1.807) is 17.1 Å². The number of nitrogens with zero attached hydrogens (tertiary/aromatic N) is 3. The molecule has 0 radical (unpaired) electrons. The molecule has 5 rings (SSSR count). The molecule has 33 heavy (non-hydrogen) atoms. The number of fused-ring (bicyclic) bond motifs is 1. The summed E-state index contributed by atoms with van der Waals surface area (Å²) in [5.74, 6) is -0.429. The van der Waals surface area contributed by atoms with E-state index < -0.39 is 0 Å². The van der Waals surface area contributed by atoms with Crippen LogP contribution in [0.1, 0.15) is 24.1 Å². The number of para-hydroxylation sites is 1. The van der Waals surface area contributed by atoms with Crippen molar-refractivity contribution >= 4 is 57.8 Å². The van der Waals surface area contributed by atoms with Gasteiger partial charge in [-0.3, -0.25) is 20.2 Å². The molecule has 0 spiro atoms. The Balaban J connectivity index is 1.49. The molecule has 3 aromatic rings. The van der Waals surface area contributed by atoms with E-state index in [0.717, 1.165) is 24.2 Å². The topological polar surface area (TPSA) is 47.9 Å². The van der Waals surface area contributed by atoms with E-state index in [1.165, 1.54) is 5.56 Å². The van der Waals surface area contributed by atoms with E-state index in [9.17, 15) is 4.79 Å². The maximum atomic E-state index is 13.4. The lowest BCUT2D eigenvalue weighted by atomic mass is 9.91. The van der Waals surface area contributed by atoms with Crippen LogP contribution in [-0.2, 0) is 11.2 Å². The standard InChI is InChI=1S/C25H21Cl3N4O/c1-15-23(25(33)30-31-13-12-16-4-2-3-5-21(16)31)29-32(22-11-10-19(27)14-20(22)28)24(15)17-6-8-18(26)9-7-17/h2-11,14-15,24H,12-13H2,1H3,(H,30,33)/t15-,24-/m0/s1. The van der Waals surface area contributed by atoms with E-state index in [0.29, 0.717) is 26.5 Å². The molecule has 1 amide bonds. The van der Waals surface area contributed by atoms with E-state index in [2.05, 4.69) is 11.5 Å². The maximum absolute atomic E-state index is 13.4. The van der Waals surface area contributed by atoms with E-state index in [4.69, 9.17) is 39.9 Å². The molecule has 1 N–H and O–H groups in total. The lowest BCUT2D eigenvalue weighted by Gasteiger charge is -2.27. The third-order valence-electron chi connectivity index (χ3n) is 6.11. The summed E-state index contributed by atoms with van der Waals surface area (Å²) in [4.78, 5) is 13.4. The number of anilines is 2. The zero-order valence-electron chi connectivity index (χ0n) is 17.8. The highest BCUT2D eigenvalue weighted by molar-refractivity contribution is 6.41. The monoisotopic (exact) mass is 498 g/mol. The Hall–Kier alpha value is -2.73. The Bertz CT molecular complexity index is 1240. The van der Waals surface area contributed by atoms with Gasteiger partial charge in [0.05, 0.1) is 22.4 Å². The van der Waals surface area contributed by atoms with Crippen molar-refractivity contribution < 1.29 is 4.79 Å². The highest BCUT2D eigenvalue weighted by atomic mass is 35.5. The Morgan fingerprint density at radius 2 is 1.70 bits per heavy atom. The number of hydrazone groups is 1. The second-order valence-corrected chi connectivity index (χ2v) is 9.46. The van der Waals surface area contributed by atoms with Crippen molar-refractivity contribution in [2.45, 2.75) is 19.4 Å². The van der Waals surface area contributed by atoms with Gasteiger partial charge in [-0.05, 0) is 53.9 Å². The van der Waals surface area contributed by atoms with Crippen LogP contribution >= 0.6 is 34.8 Å². The minimum absolute atomic E-state index is 0.198. The van der Waals surface area contributed by atoms with Gasteiger partial charge in [-0.2, -0.15) is 5.10 Å². The average molecular weight is 500 g/mol. The number of halogens is 3. The summed E-state index contributed by atoms with van der Waals surface area (Å²) in [6.45, 7) is 2.72. The van der Waals surface area contributed by atoms with Crippen molar-refractivity contribution in [3.63, 3.8) is 0 Å². The van der Waals surface area contributed by atoms with Crippen LogP contribution in [0.25, 0.3) is 0 Å². The number of nitrogens with one attached hydrogen (secondary N) is 1. The number of carbonyl (C=O) groups is 1. The summed E-state index contributed by atoms with van der Waals surface area (Å²) in [5.41, 5.74) is 7.38. The minimum Gasteiger partial charge on any atom is -0.285 e. The van der Waals surface area contributed by atoms with Crippen LogP contribution in [0, 0.1) is 5.92 Å². The molecule has 2 atom stereocenters. The summed E-state index contributed by atoms with van der Waals surface area (Å²) in [7, 11) is 0. The number of carbonyl (C=O) groups excluding carboxylic acids is 1. The average Bonchev–Trinajstić information content (AvgIpc) is 3.36. The fourth-order valence-corrected chi connectivity index (χ4v) is 5.10. The fraction of sp³-hybridized carbons (Fsp3) is 0.200. The van der Waals surface area contributed by atoms with Crippen LogP contribution in [0.4, 0.5) is 11.4 Å². The molecule has 0 aliphatic carbocycles. The molecule has 0 saturated heterocycles. The molecular formula is C25H21Cl3N4O.